The van der Waals surface area contributed by atoms with E-state index in [1.165, 1.54) is 21.8 Å². The smallest absolute Gasteiger partial charge is 0.335 e. The molecule has 0 unspecified atom stereocenters. The highest BCUT2D eigenvalue weighted by Gasteiger charge is 2.37. The van der Waals surface area contributed by atoms with Crippen molar-refractivity contribution in [2.75, 3.05) is 6.61 Å². The SMILES string of the molecule is CC(C)C[C@H](O)C(=O)OC[C@H]1O[C@@H](n2cc(/C=C/Br)c(=O)[nH]c2=O)C[C@@H]1O. The van der Waals surface area contributed by atoms with E-state index in [-0.39, 0.29) is 30.9 Å². The molecule has 0 spiro atoms. The molecule has 1 aromatic heterocycles. The van der Waals surface area contributed by atoms with Crippen molar-refractivity contribution in [3.8, 4) is 0 Å². The van der Waals surface area contributed by atoms with E-state index in [0.717, 1.165) is 0 Å². The first kappa shape index (κ1) is 21.5. The minimum absolute atomic E-state index is 0.0835. The van der Waals surface area contributed by atoms with Crippen LogP contribution in [0.3, 0.4) is 0 Å². The van der Waals surface area contributed by atoms with Crippen LogP contribution in [0.1, 0.15) is 38.5 Å². The molecule has 10 heteroatoms. The molecule has 0 bridgehead atoms. The zero-order chi connectivity index (χ0) is 20.1. The summed E-state index contributed by atoms with van der Waals surface area (Å²) in [6, 6.07) is 0. The van der Waals surface area contributed by atoms with Gasteiger partial charge in [0.15, 0.2) is 6.10 Å². The Balaban J connectivity index is 2.04. The molecule has 1 aliphatic heterocycles. The average Bonchev–Trinajstić information content (AvgIpc) is 2.95. The van der Waals surface area contributed by atoms with Crippen molar-refractivity contribution in [3.63, 3.8) is 0 Å². The highest BCUT2D eigenvalue weighted by molar-refractivity contribution is 9.11. The lowest BCUT2D eigenvalue weighted by Crippen LogP contribution is -2.34. The predicted octanol–water partition coefficient (Wildman–Crippen LogP) is 0.501. The number of aromatic nitrogens is 2. The van der Waals surface area contributed by atoms with E-state index in [4.69, 9.17) is 9.47 Å². The van der Waals surface area contributed by atoms with Crippen molar-refractivity contribution in [2.45, 2.75) is 51.2 Å². The maximum Gasteiger partial charge on any atom is 0.335 e. The van der Waals surface area contributed by atoms with Crippen LogP contribution in [0.4, 0.5) is 0 Å². The van der Waals surface area contributed by atoms with Crippen LogP contribution in [0.25, 0.3) is 6.08 Å². The molecule has 0 amide bonds. The fourth-order valence-electron chi connectivity index (χ4n) is 2.74. The van der Waals surface area contributed by atoms with Crippen molar-refractivity contribution < 1.29 is 24.5 Å². The van der Waals surface area contributed by atoms with E-state index in [0.29, 0.717) is 0 Å². The first-order valence-corrected chi connectivity index (χ1v) is 9.45. The van der Waals surface area contributed by atoms with Crippen molar-refractivity contribution in [1.82, 2.24) is 9.55 Å². The molecule has 9 nitrogen and oxygen atoms in total. The molecule has 2 rings (SSSR count). The molecule has 1 fully saturated rings. The zero-order valence-corrected chi connectivity index (χ0v) is 16.6. The van der Waals surface area contributed by atoms with Gasteiger partial charge in [-0.25, -0.2) is 9.59 Å². The number of nitrogens with one attached hydrogen (secondary N) is 1. The number of nitrogens with zero attached hydrogens (tertiary/aromatic N) is 1. The number of carbonyl (C=O) groups is 1. The summed E-state index contributed by atoms with van der Waals surface area (Å²) < 4.78 is 11.8. The number of H-pyrrole nitrogens is 1. The summed E-state index contributed by atoms with van der Waals surface area (Å²) in [7, 11) is 0. The van der Waals surface area contributed by atoms with Crippen LogP contribution < -0.4 is 11.2 Å². The number of ether oxygens (including phenoxy) is 2. The molecule has 1 aromatic rings. The fourth-order valence-corrected chi connectivity index (χ4v) is 3.03. The first-order chi connectivity index (χ1) is 12.7. The van der Waals surface area contributed by atoms with Crippen molar-refractivity contribution in [3.05, 3.63) is 37.6 Å². The van der Waals surface area contributed by atoms with E-state index in [1.807, 2.05) is 13.8 Å². The van der Waals surface area contributed by atoms with Gasteiger partial charge >= 0.3 is 11.7 Å². The number of esters is 1. The molecular formula is C17H23BrN2O7. The predicted molar refractivity (Wildman–Crippen MR) is 100 cm³/mol. The Kier molecular flexibility index (Phi) is 7.54. The Bertz CT molecular complexity index is 801. The van der Waals surface area contributed by atoms with Crippen molar-refractivity contribution in [2.24, 2.45) is 5.92 Å². The Morgan fingerprint density at radius 3 is 2.85 bits per heavy atom. The van der Waals surface area contributed by atoms with E-state index < -0.39 is 41.8 Å². The number of hydrogen-bond acceptors (Lipinski definition) is 7. The molecular weight excluding hydrogens is 424 g/mol. The van der Waals surface area contributed by atoms with Gasteiger partial charge in [0.05, 0.1) is 11.7 Å². The molecule has 150 valence electrons. The van der Waals surface area contributed by atoms with Gasteiger partial charge in [-0.15, -0.1) is 0 Å². The molecule has 1 saturated heterocycles. The van der Waals surface area contributed by atoms with E-state index >= 15 is 0 Å². The van der Waals surface area contributed by atoms with Gasteiger partial charge in [0, 0.05) is 12.6 Å². The summed E-state index contributed by atoms with van der Waals surface area (Å²) in [6.07, 6.45) is -0.729. The number of aliphatic hydroxyl groups is 2. The second-order valence-electron chi connectivity index (χ2n) is 6.75. The van der Waals surface area contributed by atoms with Crippen LogP contribution in [0.15, 0.2) is 20.8 Å². The normalized spacial score (nSPS) is 23.9. The standard InChI is InChI=1S/C17H23BrN2O7/c1-9(2)5-12(22)16(24)26-8-13-11(21)6-14(27-13)20-7-10(3-4-18)15(23)19-17(20)25/h3-4,7,9,11-14,21-22H,5-6,8H2,1-2H3,(H,19,23,25)/b4-3+/t11-,12-,13+,14+/m0/s1. The number of carbonyl (C=O) groups excluding carboxylic acids is 1. The summed E-state index contributed by atoms with van der Waals surface area (Å²) in [4.78, 5) is 39.2. The summed E-state index contributed by atoms with van der Waals surface area (Å²) in [5.74, 6) is -0.658. The highest BCUT2D eigenvalue weighted by atomic mass is 79.9. The molecule has 0 aromatic carbocycles. The van der Waals surface area contributed by atoms with Crippen molar-refractivity contribution in [1.29, 1.82) is 0 Å². The third kappa shape index (κ3) is 5.61. The molecule has 3 N–H and O–H groups in total. The maximum absolute atomic E-state index is 12.0. The van der Waals surface area contributed by atoms with Crippen LogP contribution in [-0.4, -0.2) is 50.7 Å². The van der Waals surface area contributed by atoms with Crippen molar-refractivity contribution >= 4 is 28.0 Å². The van der Waals surface area contributed by atoms with Gasteiger partial charge in [-0.2, -0.15) is 0 Å². The molecule has 1 aliphatic rings. The summed E-state index contributed by atoms with van der Waals surface area (Å²) in [5, 5.41) is 19.9. The lowest BCUT2D eigenvalue weighted by molar-refractivity contribution is -0.160. The molecule has 0 radical (unpaired) electrons. The minimum Gasteiger partial charge on any atom is -0.461 e. The monoisotopic (exact) mass is 446 g/mol. The molecule has 0 aliphatic carbocycles. The second kappa shape index (κ2) is 9.45. The second-order valence-corrected chi connectivity index (χ2v) is 7.28. The van der Waals surface area contributed by atoms with Gasteiger partial charge in [0.1, 0.15) is 18.9 Å². The van der Waals surface area contributed by atoms with Crippen LogP contribution in [-0.2, 0) is 14.3 Å². The van der Waals surface area contributed by atoms with E-state index in [9.17, 15) is 24.6 Å². The molecule has 27 heavy (non-hydrogen) atoms. The Hall–Kier alpha value is -1.75. The van der Waals surface area contributed by atoms with Crippen LogP contribution in [0.2, 0.25) is 0 Å². The third-order valence-corrected chi connectivity index (χ3v) is 4.37. The quantitative estimate of drug-likeness (QED) is 0.519. The number of aliphatic hydroxyl groups excluding tert-OH is 2. The zero-order valence-electron chi connectivity index (χ0n) is 15.0. The van der Waals surface area contributed by atoms with Crippen LogP contribution in [0.5, 0.6) is 0 Å². The lowest BCUT2D eigenvalue weighted by Gasteiger charge is -2.18. The minimum atomic E-state index is -1.24. The molecule has 4 atom stereocenters. The molecule has 0 saturated carbocycles. The van der Waals surface area contributed by atoms with Gasteiger partial charge in [0.2, 0.25) is 0 Å². The largest absolute Gasteiger partial charge is 0.461 e. The summed E-state index contributed by atoms with van der Waals surface area (Å²) >= 11 is 3.07. The van der Waals surface area contributed by atoms with Gasteiger partial charge < -0.3 is 19.7 Å². The average molecular weight is 447 g/mol. The van der Waals surface area contributed by atoms with Gasteiger partial charge in [-0.05, 0) is 23.4 Å². The lowest BCUT2D eigenvalue weighted by atomic mass is 10.1. The Morgan fingerprint density at radius 1 is 1.52 bits per heavy atom. The third-order valence-electron chi connectivity index (χ3n) is 4.11. The van der Waals surface area contributed by atoms with Gasteiger partial charge in [-0.1, -0.05) is 29.8 Å². The highest BCUT2D eigenvalue weighted by Crippen LogP contribution is 2.28. The summed E-state index contributed by atoms with van der Waals surface area (Å²) in [6.45, 7) is 3.48. The van der Waals surface area contributed by atoms with E-state index in [1.54, 1.807) is 0 Å². The number of halogens is 1. The Labute approximate surface area is 163 Å². The maximum atomic E-state index is 12.0. The topological polar surface area (TPSA) is 131 Å². The van der Waals surface area contributed by atoms with Crippen LogP contribution >= 0.6 is 15.9 Å². The fraction of sp³-hybridized carbons (Fsp3) is 0.588. The number of hydrogen-bond donors (Lipinski definition) is 3. The Morgan fingerprint density at radius 2 is 2.22 bits per heavy atom. The number of rotatable bonds is 7. The van der Waals surface area contributed by atoms with E-state index in [2.05, 4.69) is 20.9 Å². The van der Waals surface area contributed by atoms with Gasteiger partial charge in [0.25, 0.3) is 5.56 Å². The molecule has 2 heterocycles. The van der Waals surface area contributed by atoms with Crippen LogP contribution in [0, 0.1) is 5.92 Å². The first-order valence-electron chi connectivity index (χ1n) is 8.53. The number of aromatic amines is 1. The van der Waals surface area contributed by atoms with Gasteiger partial charge in [-0.3, -0.25) is 14.3 Å². The summed E-state index contributed by atoms with van der Waals surface area (Å²) in [5.41, 5.74) is -0.986.